The highest BCUT2D eigenvalue weighted by Gasteiger charge is 2.36. The molecule has 4 heteroatoms. The molecule has 1 unspecified atom stereocenters. The minimum Gasteiger partial charge on any atom is -0.453 e. The molecule has 1 aliphatic rings. The highest BCUT2D eigenvalue weighted by Crippen LogP contribution is 2.33. The van der Waals surface area contributed by atoms with Crippen LogP contribution >= 0.6 is 0 Å². The summed E-state index contributed by atoms with van der Waals surface area (Å²) in [5, 5.41) is 2.55. The molecule has 0 aromatic rings. The van der Waals surface area contributed by atoms with Gasteiger partial charge in [-0.15, -0.1) is 0 Å². The monoisotopic (exact) mass is 197 g/mol. The molecule has 1 N–H and O–H groups in total. The molecule has 0 aliphatic heterocycles. The molecule has 1 rings (SSSR count). The van der Waals surface area contributed by atoms with Gasteiger partial charge in [0.2, 0.25) is 0 Å². The van der Waals surface area contributed by atoms with Gasteiger partial charge in [0.05, 0.1) is 13.2 Å². The van der Waals surface area contributed by atoms with Gasteiger partial charge < -0.3 is 10.1 Å². The number of hydrogen-bond donors (Lipinski definition) is 1. The maximum Gasteiger partial charge on any atom is 0.407 e. The third-order valence-electron chi connectivity index (χ3n) is 2.19. The molecular weight excluding hydrogens is 182 g/mol. The van der Waals surface area contributed by atoms with Crippen molar-refractivity contribution < 1.29 is 14.3 Å². The molecule has 1 saturated carbocycles. The molecule has 0 aromatic heterocycles. The minimum atomic E-state index is -0.542. The van der Waals surface area contributed by atoms with Gasteiger partial charge in [-0.25, -0.2) is 4.79 Å². The molecule has 0 aromatic carbocycles. The van der Waals surface area contributed by atoms with Crippen LogP contribution in [0, 0.1) is 5.92 Å². The van der Waals surface area contributed by atoms with Crippen LogP contribution in [-0.2, 0) is 9.53 Å². The van der Waals surface area contributed by atoms with Crippen molar-refractivity contribution in [2.75, 3.05) is 7.11 Å². The second kappa shape index (κ2) is 4.79. The summed E-state index contributed by atoms with van der Waals surface area (Å²) in [4.78, 5) is 22.5. The van der Waals surface area contributed by atoms with Crippen LogP contribution in [0.2, 0.25) is 0 Å². The smallest absolute Gasteiger partial charge is 0.407 e. The maximum absolute atomic E-state index is 11.5. The van der Waals surface area contributed by atoms with Crippen molar-refractivity contribution in [2.24, 2.45) is 5.92 Å². The standard InChI is InChI=1S/C10H15NO3/c1-3-4-8(12)9(7-5-6-7)11-10(13)14-2/h3-4,7,9H,5-6H2,1-2H3,(H,11,13)/b4-3-. The lowest BCUT2D eigenvalue weighted by molar-refractivity contribution is -0.116. The van der Waals surface area contributed by atoms with Gasteiger partial charge in [0.15, 0.2) is 5.78 Å². The fraction of sp³-hybridized carbons (Fsp3) is 0.600. The van der Waals surface area contributed by atoms with Crippen molar-refractivity contribution in [2.45, 2.75) is 25.8 Å². The molecule has 1 aliphatic carbocycles. The molecule has 1 amide bonds. The van der Waals surface area contributed by atoms with Crippen LogP contribution < -0.4 is 5.32 Å². The fourth-order valence-corrected chi connectivity index (χ4v) is 1.30. The summed E-state index contributed by atoms with van der Waals surface area (Å²) in [6.45, 7) is 1.78. The Labute approximate surface area is 83.3 Å². The zero-order valence-corrected chi connectivity index (χ0v) is 8.45. The van der Waals surface area contributed by atoms with E-state index in [1.807, 2.05) is 0 Å². The summed E-state index contributed by atoms with van der Waals surface area (Å²) in [6, 6.07) is -0.404. The molecule has 4 nitrogen and oxygen atoms in total. The Hall–Kier alpha value is -1.32. The lowest BCUT2D eigenvalue weighted by atomic mass is 10.1. The molecule has 0 saturated heterocycles. The van der Waals surface area contributed by atoms with Gasteiger partial charge in [0.1, 0.15) is 0 Å². The predicted octanol–water partition coefficient (Wildman–Crippen LogP) is 1.27. The van der Waals surface area contributed by atoms with Gasteiger partial charge >= 0.3 is 6.09 Å². The van der Waals surface area contributed by atoms with Crippen LogP contribution in [0.4, 0.5) is 4.79 Å². The van der Waals surface area contributed by atoms with Gasteiger partial charge in [-0.05, 0) is 31.8 Å². The SMILES string of the molecule is C/C=C\C(=O)C(NC(=O)OC)C1CC1. The molecular formula is C10H15NO3. The Bertz CT molecular complexity index is 256. The number of hydrogen-bond acceptors (Lipinski definition) is 3. The van der Waals surface area contributed by atoms with E-state index >= 15 is 0 Å². The number of rotatable bonds is 4. The highest BCUT2D eigenvalue weighted by atomic mass is 16.5. The maximum atomic E-state index is 11.5. The Morgan fingerprint density at radius 3 is 2.57 bits per heavy atom. The van der Waals surface area contributed by atoms with Gasteiger partial charge in [-0.1, -0.05) is 6.08 Å². The Morgan fingerprint density at radius 1 is 1.50 bits per heavy atom. The summed E-state index contributed by atoms with van der Waals surface area (Å²) in [5.41, 5.74) is 0. The fourth-order valence-electron chi connectivity index (χ4n) is 1.30. The average Bonchev–Trinajstić information content (AvgIpc) is 2.97. The molecule has 0 spiro atoms. The zero-order chi connectivity index (χ0) is 10.6. The van der Waals surface area contributed by atoms with Crippen LogP contribution in [0.3, 0.4) is 0 Å². The summed E-state index contributed by atoms with van der Waals surface area (Å²) in [6.07, 6.45) is 4.62. The van der Waals surface area contributed by atoms with E-state index < -0.39 is 12.1 Å². The number of ether oxygens (including phenoxy) is 1. The number of carbonyl (C=O) groups is 2. The van der Waals surface area contributed by atoms with Gasteiger partial charge in [0.25, 0.3) is 0 Å². The van der Waals surface area contributed by atoms with Crippen molar-refractivity contribution in [1.29, 1.82) is 0 Å². The molecule has 0 bridgehead atoms. The van der Waals surface area contributed by atoms with Crippen molar-refractivity contribution in [3.63, 3.8) is 0 Å². The van der Waals surface area contributed by atoms with Crippen LogP contribution in [0.25, 0.3) is 0 Å². The number of allylic oxidation sites excluding steroid dienone is 1. The first-order chi connectivity index (χ1) is 6.69. The Kier molecular flexibility index (Phi) is 3.68. The van der Waals surface area contributed by atoms with Gasteiger partial charge in [0, 0.05) is 0 Å². The largest absolute Gasteiger partial charge is 0.453 e. The zero-order valence-electron chi connectivity index (χ0n) is 8.45. The summed E-state index contributed by atoms with van der Waals surface area (Å²) in [5.74, 6) is 0.234. The molecule has 1 atom stereocenters. The normalized spacial score (nSPS) is 17.9. The van der Waals surface area contributed by atoms with E-state index in [1.54, 1.807) is 13.0 Å². The third-order valence-corrected chi connectivity index (χ3v) is 2.19. The number of carbonyl (C=O) groups excluding carboxylic acids is 2. The molecule has 0 heterocycles. The third kappa shape index (κ3) is 2.87. The summed E-state index contributed by atoms with van der Waals surface area (Å²) in [7, 11) is 1.29. The van der Waals surface area contributed by atoms with E-state index in [1.165, 1.54) is 13.2 Å². The second-order valence-electron chi connectivity index (χ2n) is 3.35. The number of nitrogens with one attached hydrogen (secondary N) is 1. The van der Waals surface area contributed by atoms with Crippen molar-refractivity contribution in [3.8, 4) is 0 Å². The average molecular weight is 197 g/mol. The van der Waals surface area contributed by atoms with Gasteiger partial charge in [-0.3, -0.25) is 4.79 Å². The lowest BCUT2D eigenvalue weighted by Gasteiger charge is -2.13. The summed E-state index contributed by atoms with van der Waals surface area (Å²) < 4.78 is 4.46. The Balaban J connectivity index is 2.54. The number of ketones is 1. The van der Waals surface area contributed by atoms with E-state index in [2.05, 4.69) is 10.1 Å². The number of amides is 1. The first-order valence-electron chi connectivity index (χ1n) is 4.70. The van der Waals surface area contributed by atoms with Crippen LogP contribution in [0.5, 0.6) is 0 Å². The van der Waals surface area contributed by atoms with Crippen LogP contribution in [-0.4, -0.2) is 25.0 Å². The quantitative estimate of drug-likeness (QED) is 0.690. The second-order valence-corrected chi connectivity index (χ2v) is 3.35. The molecule has 14 heavy (non-hydrogen) atoms. The van der Waals surface area contributed by atoms with E-state index in [4.69, 9.17) is 0 Å². The van der Waals surface area contributed by atoms with E-state index in [9.17, 15) is 9.59 Å². The van der Waals surface area contributed by atoms with Crippen molar-refractivity contribution in [1.82, 2.24) is 5.32 Å². The van der Waals surface area contributed by atoms with Crippen LogP contribution in [0.1, 0.15) is 19.8 Å². The van der Waals surface area contributed by atoms with Crippen molar-refractivity contribution in [3.05, 3.63) is 12.2 Å². The number of methoxy groups -OCH3 is 1. The molecule has 1 fully saturated rings. The van der Waals surface area contributed by atoms with E-state index in [0.29, 0.717) is 0 Å². The predicted molar refractivity (Wildman–Crippen MR) is 51.9 cm³/mol. The topological polar surface area (TPSA) is 55.4 Å². The molecule has 78 valence electrons. The van der Waals surface area contributed by atoms with E-state index in [0.717, 1.165) is 12.8 Å². The summed E-state index contributed by atoms with van der Waals surface area (Å²) >= 11 is 0. The first kappa shape index (κ1) is 10.8. The van der Waals surface area contributed by atoms with Crippen molar-refractivity contribution >= 4 is 11.9 Å². The first-order valence-corrected chi connectivity index (χ1v) is 4.70. The molecule has 0 radical (unpaired) electrons. The Morgan fingerprint density at radius 2 is 2.14 bits per heavy atom. The minimum absolute atomic E-state index is 0.0552. The number of alkyl carbamates (subject to hydrolysis) is 1. The highest BCUT2D eigenvalue weighted by molar-refractivity contribution is 5.96. The van der Waals surface area contributed by atoms with Crippen LogP contribution in [0.15, 0.2) is 12.2 Å². The van der Waals surface area contributed by atoms with E-state index in [-0.39, 0.29) is 11.7 Å². The lowest BCUT2D eigenvalue weighted by Crippen LogP contribution is -2.41. The van der Waals surface area contributed by atoms with Gasteiger partial charge in [-0.2, -0.15) is 0 Å².